The van der Waals surface area contributed by atoms with Gasteiger partial charge >= 0.3 is 6.03 Å². The zero-order valence-electron chi connectivity index (χ0n) is 7.53. The number of carbonyl (C=O) groups is 1. The smallest absolute Gasteiger partial charge is 0.331 e. The van der Waals surface area contributed by atoms with Crippen LogP contribution in [0.15, 0.2) is 30.3 Å². The van der Waals surface area contributed by atoms with Crippen molar-refractivity contribution in [2.75, 3.05) is 7.05 Å². The summed E-state index contributed by atoms with van der Waals surface area (Å²) in [6, 6.07) is 9.37. The Kier molecular flexibility index (Phi) is 3.28. The van der Waals surface area contributed by atoms with Gasteiger partial charge in [0.1, 0.15) is 0 Å². The summed E-state index contributed by atoms with van der Waals surface area (Å²) < 4.78 is 0. The van der Waals surface area contributed by atoms with Crippen molar-refractivity contribution in [3.8, 4) is 0 Å². The lowest BCUT2D eigenvalue weighted by Gasteiger charge is -2.11. The van der Waals surface area contributed by atoms with Crippen molar-refractivity contribution in [2.24, 2.45) is 5.84 Å². The largest absolute Gasteiger partial charge is 0.333 e. The fourth-order valence-electron chi connectivity index (χ4n) is 0.898. The highest BCUT2D eigenvalue weighted by Gasteiger charge is 2.01. The lowest BCUT2D eigenvalue weighted by molar-refractivity contribution is 0.209. The number of nitrogens with two attached hydrogens (primary N) is 1. The molecular formula is C9H13N3O. The van der Waals surface area contributed by atoms with E-state index in [0.717, 1.165) is 10.6 Å². The summed E-state index contributed by atoms with van der Waals surface area (Å²) in [5.74, 6) is 5.22. The van der Waals surface area contributed by atoms with Crippen molar-refractivity contribution in [2.45, 2.75) is 6.54 Å². The maximum atomic E-state index is 11.0. The first-order valence-electron chi connectivity index (χ1n) is 4.00. The van der Waals surface area contributed by atoms with Gasteiger partial charge in [0, 0.05) is 13.6 Å². The van der Waals surface area contributed by atoms with Gasteiger partial charge < -0.3 is 5.32 Å². The average molecular weight is 179 g/mol. The Bertz CT molecular complexity index is 271. The highest BCUT2D eigenvalue weighted by molar-refractivity contribution is 5.73. The van der Waals surface area contributed by atoms with E-state index >= 15 is 0 Å². The number of hydrogen-bond donors (Lipinski definition) is 2. The van der Waals surface area contributed by atoms with Crippen molar-refractivity contribution in [1.29, 1.82) is 0 Å². The number of amides is 2. The minimum atomic E-state index is -0.288. The summed E-state index contributed by atoms with van der Waals surface area (Å²) in [4.78, 5) is 11.0. The van der Waals surface area contributed by atoms with Gasteiger partial charge in [-0.15, -0.1) is 0 Å². The zero-order chi connectivity index (χ0) is 9.68. The van der Waals surface area contributed by atoms with Crippen molar-refractivity contribution in [3.05, 3.63) is 35.9 Å². The molecule has 70 valence electrons. The van der Waals surface area contributed by atoms with Gasteiger partial charge in [0.15, 0.2) is 0 Å². The molecule has 0 saturated heterocycles. The molecule has 0 spiro atoms. The minimum absolute atomic E-state index is 0.288. The van der Waals surface area contributed by atoms with Crippen LogP contribution in [0.3, 0.4) is 0 Å². The Morgan fingerprint density at radius 1 is 1.46 bits per heavy atom. The quantitative estimate of drug-likeness (QED) is 0.399. The average Bonchev–Trinajstić information content (AvgIpc) is 2.15. The topological polar surface area (TPSA) is 58.4 Å². The van der Waals surface area contributed by atoms with Gasteiger partial charge in [-0.2, -0.15) is 0 Å². The monoisotopic (exact) mass is 179 g/mol. The molecule has 0 unspecified atom stereocenters. The van der Waals surface area contributed by atoms with Crippen LogP contribution >= 0.6 is 0 Å². The molecule has 1 rings (SSSR count). The molecule has 1 aromatic carbocycles. The summed E-state index contributed by atoms with van der Waals surface area (Å²) >= 11 is 0. The Hall–Kier alpha value is -1.55. The molecule has 0 atom stereocenters. The number of urea groups is 1. The normalized spacial score (nSPS) is 9.38. The van der Waals surface area contributed by atoms with Crippen molar-refractivity contribution in [3.63, 3.8) is 0 Å². The standard InChI is InChI=1S/C9H13N3O/c1-12(10)9(13)11-7-8-5-3-2-4-6-8/h2-6H,7,10H2,1H3,(H,11,13). The van der Waals surface area contributed by atoms with Crippen molar-refractivity contribution >= 4 is 6.03 Å². The zero-order valence-corrected chi connectivity index (χ0v) is 7.53. The van der Waals surface area contributed by atoms with Gasteiger partial charge in [-0.3, -0.25) is 5.01 Å². The molecule has 3 N–H and O–H groups in total. The van der Waals surface area contributed by atoms with Crippen LogP contribution in [-0.4, -0.2) is 18.1 Å². The molecule has 4 heteroatoms. The summed E-state index contributed by atoms with van der Waals surface area (Å²) in [6.45, 7) is 0.501. The van der Waals surface area contributed by atoms with Crippen LogP contribution in [0.5, 0.6) is 0 Å². The Morgan fingerprint density at radius 3 is 2.62 bits per heavy atom. The van der Waals surface area contributed by atoms with E-state index in [9.17, 15) is 4.79 Å². The number of hydrogen-bond acceptors (Lipinski definition) is 2. The molecule has 2 amide bonds. The maximum Gasteiger partial charge on any atom is 0.331 e. The molecule has 0 aliphatic heterocycles. The van der Waals surface area contributed by atoms with Crippen LogP contribution in [0.25, 0.3) is 0 Å². The van der Waals surface area contributed by atoms with Crippen LogP contribution in [-0.2, 0) is 6.54 Å². The number of nitrogens with one attached hydrogen (secondary N) is 1. The number of hydrazine groups is 1. The molecule has 13 heavy (non-hydrogen) atoms. The molecule has 4 nitrogen and oxygen atoms in total. The molecule has 0 bridgehead atoms. The second-order valence-electron chi connectivity index (χ2n) is 2.76. The van der Waals surface area contributed by atoms with E-state index in [-0.39, 0.29) is 6.03 Å². The lowest BCUT2D eigenvalue weighted by atomic mass is 10.2. The Morgan fingerprint density at radius 2 is 2.08 bits per heavy atom. The van der Waals surface area contributed by atoms with Gasteiger partial charge in [0.25, 0.3) is 0 Å². The van der Waals surface area contributed by atoms with Gasteiger partial charge in [0.2, 0.25) is 0 Å². The van der Waals surface area contributed by atoms with E-state index in [1.807, 2.05) is 30.3 Å². The van der Waals surface area contributed by atoms with E-state index in [2.05, 4.69) is 5.32 Å². The Labute approximate surface area is 77.3 Å². The lowest BCUT2D eigenvalue weighted by Crippen LogP contribution is -2.41. The predicted octanol–water partition coefficient (Wildman–Crippen LogP) is 0.702. The van der Waals surface area contributed by atoms with Crippen LogP contribution < -0.4 is 11.2 Å². The van der Waals surface area contributed by atoms with E-state index in [4.69, 9.17) is 5.84 Å². The third-order valence-electron chi connectivity index (χ3n) is 1.61. The highest BCUT2D eigenvalue weighted by Crippen LogP contribution is 1.96. The van der Waals surface area contributed by atoms with E-state index in [1.165, 1.54) is 7.05 Å². The molecule has 0 heterocycles. The maximum absolute atomic E-state index is 11.0. The van der Waals surface area contributed by atoms with Gasteiger partial charge in [-0.25, -0.2) is 10.6 Å². The van der Waals surface area contributed by atoms with E-state index < -0.39 is 0 Å². The summed E-state index contributed by atoms with van der Waals surface area (Å²) in [5.41, 5.74) is 1.05. The van der Waals surface area contributed by atoms with Gasteiger partial charge in [0.05, 0.1) is 0 Å². The predicted molar refractivity (Wildman–Crippen MR) is 50.6 cm³/mol. The summed E-state index contributed by atoms with van der Waals surface area (Å²) in [5, 5.41) is 3.68. The van der Waals surface area contributed by atoms with Gasteiger partial charge in [-0.1, -0.05) is 30.3 Å². The van der Waals surface area contributed by atoms with Crippen LogP contribution in [0.1, 0.15) is 5.56 Å². The molecule has 0 aliphatic carbocycles. The number of rotatable bonds is 2. The van der Waals surface area contributed by atoms with Crippen LogP contribution in [0.2, 0.25) is 0 Å². The van der Waals surface area contributed by atoms with E-state index in [1.54, 1.807) is 0 Å². The number of nitrogens with zero attached hydrogens (tertiary/aromatic N) is 1. The minimum Gasteiger partial charge on any atom is -0.333 e. The molecular weight excluding hydrogens is 166 g/mol. The van der Waals surface area contributed by atoms with Crippen molar-refractivity contribution < 1.29 is 4.79 Å². The number of carbonyl (C=O) groups excluding carboxylic acids is 1. The fourth-order valence-corrected chi connectivity index (χ4v) is 0.898. The fraction of sp³-hybridized carbons (Fsp3) is 0.222. The second-order valence-corrected chi connectivity index (χ2v) is 2.76. The summed E-state index contributed by atoms with van der Waals surface area (Å²) in [6.07, 6.45) is 0. The van der Waals surface area contributed by atoms with Crippen molar-refractivity contribution in [1.82, 2.24) is 10.3 Å². The Balaban J connectivity index is 2.40. The first-order valence-corrected chi connectivity index (χ1v) is 4.00. The molecule has 0 saturated carbocycles. The third-order valence-corrected chi connectivity index (χ3v) is 1.61. The molecule has 1 aromatic rings. The SMILES string of the molecule is CN(N)C(=O)NCc1ccccc1. The first kappa shape index (κ1) is 9.54. The van der Waals surface area contributed by atoms with Gasteiger partial charge in [-0.05, 0) is 5.56 Å². The molecule has 0 fully saturated rings. The summed E-state index contributed by atoms with van der Waals surface area (Å²) in [7, 11) is 1.50. The second kappa shape index (κ2) is 4.47. The molecule has 0 radical (unpaired) electrons. The number of benzene rings is 1. The molecule has 0 aliphatic rings. The van der Waals surface area contributed by atoms with Crippen LogP contribution in [0.4, 0.5) is 4.79 Å². The van der Waals surface area contributed by atoms with Crippen LogP contribution in [0, 0.1) is 0 Å². The third kappa shape index (κ3) is 3.13. The molecule has 0 aromatic heterocycles. The van der Waals surface area contributed by atoms with E-state index in [0.29, 0.717) is 6.54 Å². The first-order chi connectivity index (χ1) is 6.20. The highest BCUT2D eigenvalue weighted by atomic mass is 16.2.